The maximum Gasteiger partial charge on any atom is 0.126 e. The fourth-order valence-electron chi connectivity index (χ4n) is 2.51. The lowest BCUT2D eigenvalue weighted by Crippen LogP contribution is -2.50. The minimum Gasteiger partial charge on any atom is -0.390 e. The van der Waals surface area contributed by atoms with Crippen molar-refractivity contribution in [2.75, 3.05) is 5.32 Å². The molecule has 1 aliphatic rings. The number of hydrogen-bond acceptors (Lipinski definition) is 3. The van der Waals surface area contributed by atoms with Gasteiger partial charge in [0.05, 0.1) is 23.3 Å². The Labute approximate surface area is 99.9 Å². The van der Waals surface area contributed by atoms with Crippen LogP contribution in [0.25, 0.3) is 0 Å². The number of nitrogens with one attached hydrogen (secondary N) is 1. The molecule has 0 radical (unpaired) electrons. The molecular weight excluding hydrogens is 219 g/mol. The minimum absolute atomic E-state index is 0.198. The Balaban J connectivity index is 2.65. The quantitative estimate of drug-likeness (QED) is 0.724. The first-order valence-electron chi connectivity index (χ1n) is 5.56. The summed E-state index contributed by atoms with van der Waals surface area (Å²) in [5, 5.41) is 22.3. The standard InChI is InChI=1S/C13H15FN2O/c1-7-11-8(6-15)4-9(14)5-10(11)16-13(2,3)12(7)17/h4-5,7,12,16-17H,1-3H3/t7-,12+/m1/s1. The maximum atomic E-state index is 13.4. The van der Waals surface area contributed by atoms with E-state index in [9.17, 15) is 9.50 Å². The summed E-state index contributed by atoms with van der Waals surface area (Å²) in [6.45, 7) is 5.56. The van der Waals surface area contributed by atoms with Crippen LogP contribution in [0.1, 0.15) is 37.8 Å². The van der Waals surface area contributed by atoms with Crippen molar-refractivity contribution in [2.45, 2.75) is 38.3 Å². The fraction of sp³-hybridized carbons (Fsp3) is 0.462. The highest BCUT2D eigenvalue weighted by atomic mass is 19.1. The molecule has 0 aromatic heterocycles. The third-order valence-electron chi connectivity index (χ3n) is 3.39. The number of anilines is 1. The van der Waals surface area contributed by atoms with Gasteiger partial charge in [-0.25, -0.2) is 4.39 Å². The van der Waals surface area contributed by atoms with E-state index < -0.39 is 17.5 Å². The lowest BCUT2D eigenvalue weighted by molar-refractivity contribution is 0.0867. The Bertz CT molecular complexity index is 505. The predicted octanol–water partition coefficient (Wildman–Crippen LogP) is 2.37. The van der Waals surface area contributed by atoms with Crippen LogP contribution >= 0.6 is 0 Å². The number of rotatable bonds is 0. The Hall–Kier alpha value is -1.60. The molecule has 0 saturated heterocycles. The monoisotopic (exact) mass is 234 g/mol. The highest BCUT2D eigenvalue weighted by Crippen LogP contribution is 2.40. The van der Waals surface area contributed by atoms with Gasteiger partial charge in [0, 0.05) is 11.6 Å². The molecule has 0 spiro atoms. The molecule has 0 fully saturated rings. The largest absolute Gasteiger partial charge is 0.390 e. The third kappa shape index (κ3) is 1.77. The van der Waals surface area contributed by atoms with Crippen molar-refractivity contribution in [3.05, 3.63) is 29.1 Å². The first-order valence-corrected chi connectivity index (χ1v) is 5.56. The zero-order valence-corrected chi connectivity index (χ0v) is 10.1. The van der Waals surface area contributed by atoms with Crippen LogP contribution in [-0.4, -0.2) is 16.7 Å². The number of nitriles is 1. The Kier molecular flexibility index (Phi) is 2.59. The lowest BCUT2D eigenvalue weighted by Gasteiger charge is -2.42. The van der Waals surface area contributed by atoms with Gasteiger partial charge in [-0.2, -0.15) is 5.26 Å². The molecule has 2 N–H and O–H groups in total. The predicted molar refractivity (Wildman–Crippen MR) is 63.2 cm³/mol. The number of hydrogen-bond donors (Lipinski definition) is 2. The van der Waals surface area contributed by atoms with E-state index in [0.29, 0.717) is 11.3 Å². The molecule has 1 aromatic rings. The van der Waals surface area contributed by atoms with Crippen LogP contribution < -0.4 is 5.32 Å². The van der Waals surface area contributed by atoms with Crippen molar-refractivity contribution in [1.29, 1.82) is 5.26 Å². The number of fused-ring (bicyclic) bond motifs is 1. The SMILES string of the molecule is C[C@@H]1c2c(C#N)cc(F)cc2NC(C)(C)[C@H]1O. The van der Waals surface area contributed by atoms with Crippen LogP contribution in [0.4, 0.5) is 10.1 Å². The van der Waals surface area contributed by atoms with Crippen molar-refractivity contribution in [3.8, 4) is 6.07 Å². The molecule has 2 rings (SSSR count). The van der Waals surface area contributed by atoms with Gasteiger partial charge in [0.25, 0.3) is 0 Å². The summed E-state index contributed by atoms with van der Waals surface area (Å²) in [4.78, 5) is 0. The van der Waals surface area contributed by atoms with Crippen LogP contribution in [0.2, 0.25) is 0 Å². The molecule has 1 aliphatic heterocycles. The summed E-state index contributed by atoms with van der Waals surface area (Å²) < 4.78 is 13.4. The Morgan fingerprint density at radius 1 is 1.47 bits per heavy atom. The van der Waals surface area contributed by atoms with Gasteiger partial charge < -0.3 is 10.4 Å². The molecule has 0 aliphatic carbocycles. The molecule has 1 heterocycles. The van der Waals surface area contributed by atoms with Gasteiger partial charge in [0.15, 0.2) is 0 Å². The van der Waals surface area contributed by atoms with Crippen molar-refractivity contribution in [2.24, 2.45) is 0 Å². The van der Waals surface area contributed by atoms with Gasteiger partial charge in [-0.1, -0.05) is 6.92 Å². The van der Waals surface area contributed by atoms with Gasteiger partial charge in [-0.05, 0) is 31.5 Å². The highest BCUT2D eigenvalue weighted by molar-refractivity contribution is 5.63. The van der Waals surface area contributed by atoms with E-state index in [0.717, 1.165) is 0 Å². The first-order chi connectivity index (χ1) is 7.86. The zero-order valence-electron chi connectivity index (χ0n) is 10.1. The molecule has 1 aromatic carbocycles. The van der Waals surface area contributed by atoms with E-state index in [1.807, 2.05) is 26.8 Å². The second-order valence-corrected chi connectivity index (χ2v) is 5.11. The fourth-order valence-corrected chi connectivity index (χ4v) is 2.51. The van der Waals surface area contributed by atoms with Crippen molar-refractivity contribution in [3.63, 3.8) is 0 Å². The van der Waals surface area contributed by atoms with E-state index in [1.165, 1.54) is 12.1 Å². The summed E-state index contributed by atoms with van der Waals surface area (Å²) in [5.74, 6) is -0.635. The topological polar surface area (TPSA) is 56.0 Å². The van der Waals surface area contributed by atoms with Crippen molar-refractivity contribution in [1.82, 2.24) is 0 Å². The third-order valence-corrected chi connectivity index (χ3v) is 3.39. The van der Waals surface area contributed by atoms with Gasteiger partial charge >= 0.3 is 0 Å². The van der Waals surface area contributed by atoms with Crippen LogP contribution in [-0.2, 0) is 0 Å². The Morgan fingerprint density at radius 2 is 2.12 bits per heavy atom. The van der Waals surface area contributed by atoms with Gasteiger partial charge in [-0.3, -0.25) is 0 Å². The summed E-state index contributed by atoms with van der Waals surface area (Å²) in [6, 6.07) is 4.57. The molecule has 90 valence electrons. The van der Waals surface area contributed by atoms with E-state index in [4.69, 9.17) is 5.26 Å². The number of benzene rings is 1. The van der Waals surface area contributed by atoms with Gasteiger partial charge in [-0.15, -0.1) is 0 Å². The van der Waals surface area contributed by atoms with E-state index in [1.54, 1.807) is 0 Å². The zero-order chi connectivity index (χ0) is 12.8. The van der Waals surface area contributed by atoms with E-state index in [-0.39, 0.29) is 11.5 Å². The average Bonchev–Trinajstić information content (AvgIpc) is 2.24. The van der Waals surface area contributed by atoms with Crippen LogP contribution in [0.5, 0.6) is 0 Å². The summed E-state index contributed by atoms with van der Waals surface area (Å²) in [6.07, 6.45) is -0.618. The van der Waals surface area contributed by atoms with Gasteiger partial charge in [0.1, 0.15) is 5.82 Å². The van der Waals surface area contributed by atoms with Crippen molar-refractivity contribution < 1.29 is 9.50 Å². The average molecular weight is 234 g/mol. The molecule has 0 unspecified atom stereocenters. The molecule has 0 bridgehead atoms. The number of aliphatic hydroxyl groups is 1. The van der Waals surface area contributed by atoms with Crippen molar-refractivity contribution >= 4 is 5.69 Å². The highest BCUT2D eigenvalue weighted by Gasteiger charge is 2.39. The molecule has 0 saturated carbocycles. The smallest absolute Gasteiger partial charge is 0.126 e. The second kappa shape index (κ2) is 3.71. The lowest BCUT2D eigenvalue weighted by atomic mass is 9.77. The molecule has 3 nitrogen and oxygen atoms in total. The van der Waals surface area contributed by atoms with Gasteiger partial charge in [0.2, 0.25) is 0 Å². The normalized spacial score (nSPS) is 25.6. The number of aliphatic hydroxyl groups excluding tert-OH is 1. The molecule has 0 amide bonds. The summed E-state index contributed by atoms with van der Waals surface area (Å²) in [5.41, 5.74) is 1.05. The van der Waals surface area contributed by atoms with Crippen LogP contribution in [0.3, 0.4) is 0 Å². The maximum absolute atomic E-state index is 13.4. The minimum atomic E-state index is -0.618. The van der Waals surface area contributed by atoms with Crippen LogP contribution in [0.15, 0.2) is 12.1 Å². The van der Waals surface area contributed by atoms with E-state index in [2.05, 4.69) is 5.32 Å². The molecule has 17 heavy (non-hydrogen) atoms. The second-order valence-electron chi connectivity index (χ2n) is 5.11. The molecular formula is C13H15FN2O. The van der Waals surface area contributed by atoms with Crippen LogP contribution in [0, 0.1) is 17.1 Å². The number of halogens is 1. The molecule has 4 heteroatoms. The number of nitrogens with zero attached hydrogens (tertiary/aromatic N) is 1. The van der Waals surface area contributed by atoms with E-state index >= 15 is 0 Å². The Morgan fingerprint density at radius 3 is 2.71 bits per heavy atom. The summed E-state index contributed by atoms with van der Waals surface area (Å²) in [7, 11) is 0. The first kappa shape index (κ1) is 11.9. The molecule has 2 atom stereocenters. The summed E-state index contributed by atoms with van der Waals surface area (Å²) >= 11 is 0.